The van der Waals surface area contributed by atoms with E-state index in [-0.39, 0.29) is 25.0 Å². The third kappa shape index (κ3) is 2.33. The molecule has 0 aromatic heterocycles. The van der Waals surface area contributed by atoms with Crippen molar-refractivity contribution >= 4 is 23.4 Å². The van der Waals surface area contributed by atoms with Crippen molar-refractivity contribution in [2.75, 3.05) is 13.2 Å². The lowest BCUT2D eigenvalue weighted by atomic mass is 10.1. The fourth-order valence-corrected chi connectivity index (χ4v) is 2.95. The maximum Gasteiger partial charge on any atom is 0.261 e. The van der Waals surface area contributed by atoms with Gasteiger partial charge in [-0.1, -0.05) is 23.7 Å². The Hall–Kier alpha value is -2.53. The summed E-state index contributed by atoms with van der Waals surface area (Å²) in [6.07, 6.45) is -0.411. The van der Waals surface area contributed by atoms with Crippen molar-refractivity contribution in [2.45, 2.75) is 6.10 Å². The maximum absolute atomic E-state index is 12.4. The smallest absolute Gasteiger partial charge is 0.261 e. The second kappa shape index (κ2) is 5.28. The number of ether oxygens (including phenoxy) is 2. The molecule has 0 fully saturated rings. The highest BCUT2D eigenvalue weighted by Gasteiger charge is 2.37. The van der Waals surface area contributed by atoms with Crippen LogP contribution < -0.4 is 9.47 Å². The van der Waals surface area contributed by atoms with Crippen molar-refractivity contribution in [1.29, 1.82) is 0 Å². The molecule has 6 heteroatoms. The number of fused-ring (bicyclic) bond motifs is 2. The Balaban J connectivity index is 1.53. The molecule has 2 aliphatic heterocycles. The summed E-state index contributed by atoms with van der Waals surface area (Å²) >= 11 is 5.91. The predicted molar refractivity (Wildman–Crippen MR) is 83.2 cm³/mol. The van der Waals surface area contributed by atoms with Gasteiger partial charge in [0.2, 0.25) is 0 Å². The lowest BCUT2D eigenvalue weighted by molar-refractivity contribution is 0.0430. The molecule has 2 amide bonds. The van der Waals surface area contributed by atoms with E-state index in [2.05, 4.69) is 0 Å². The highest BCUT2D eigenvalue weighted by molar-refractivity contribution is 6.30. The van der Waals surface area contributed by atoms with Gasteiger partial charge in [0, 0.05) is 11.1 Å². The minimum absolute atomic E-state index is 0.147. The van der Waals surface area contributed by atoms with Crippen molar-refractivity contribution in [3.8, 4) is 11.5 Å². The largest absolute Gasteiger partial charge is 0.486 e. The second-order valence-electron chi connectivity index (χ2n) is 5.41. The van der Waals surface area contributed by atoms with E-state index in [0.29, 0.717) is 27.6 Å². The number of carbonyl (C=O) groups is 2. The van der Waals surface area contributed by atoms with E-state index < -0.39 is 6.10 Å². The molecule has 2 aliphatic rings. The Morgan fingerprint density at radius 1 is 1.04 bits per heavy atom. The van der Waals surface area contributed by atoms with E-state index >= 15 is 0 Å². The van der Waals surface area contributed by atoms with Gasteiger partial charge in [-0.3, -0.25) is 14.5 Å². The number of benzene rings is 2. The molecular formula is C17H12ClNO4. The zero-order valence-electron chi connectivity index (χ0n) is 12.0. The number of hydrogen-bond donors (Lipinski definition) is 0. The number of amides is 2. The van der Waals surface area contributed by atoms with Gasteiger partial charge in [-0.05, 0) is 24.3 Å². The van der Waals surface area contributed by atoms with Crippen LogP contribution in [0.5, 0.6) is 11.5 Å². The topological polar surface area (TPSA) is 55.8 Å². The molecule has 4 rings (SSSR count). The Labute approximate surface area is 137 Å². The molecule has 0 radical (unpaired) electrons. The van der Waals surface area contributed by atoms with Crippen LogP contribution in [0.15, 0.2) is 42.5 Å². The summed E-state index contributed by atoms with van der Waals surface area (Å²) in [5.74, 6) is 0.533. The summed E-state index contributed by atoms with van der Waals surface area (Å²) in [5.41, 5.74) is 0.864. The van der Waals surface area contributed by atoms with Crippen LogP contribution >= 0.6 is 11.6 Å². The monoisotopic (exact) mass is 329 g/mol. The Morgan fingerprint density at radius 2 is 1.74 bits per heavy atom. The highest BCUT2D eigenvalue weighted by Crippen LogP contribution is 2.34. The molecule has 0 spiro atoms. The van der Waals surface area contributed by atoms with E-state index in [1.54, 1.807) is 42.5 Å². The predicted octanol–water partition coefficient (Wildman–Crippen LogP) is 2.78. The zero-order chi connectivity index (χ0) is 16.0. The summed E-state index contributed by atoms with van der Waals surface area (Å²) in [4.78, 5) is 25.9. The first-order valence-electron chi connectivity index (χ1n) is 7.18. The van der Waals surface area contributed by atoms with E-state index in [9.17, 15) is 9.59 Å². The van der Waals surface area contributed by atoms with E-state index in [1.807, 2.05) is 0 Å². The summed E-state index contributed by atoms with van der Waals surface area (Å²) in [5, 5.41) is 0.561. The molecule has 0 bridgehead atoms. The fourth-order valence-electron chi connectivity index (χ4n) is 2.79. The first kappa shape index (κ1) is 14.1. The molecule has 0 saturated heterocycles. The third-order valence-corrected chi connectivity index (χ3v) is 4.12. The van der Waals surface area contributed by atoms with Gasteiger partial charge in [-0.25, -0.2) is 0 Å². The van der Waals surface area contributed by atoms with Gasteiger partial charge < -0.3 is 9.47 Å². The van der Waals surface area contributed by atoms with Crippen LogP contribution in [0, 0.1) is 0 Å². The molecule has 1 atom stereocenters. The van der Waals surface area contributed by atoms with Crippen LogP contribution in [0.2, 0.25) is 5.02 Å². The third-order valence-electron chi connectivity index (χ3n) is 3.89. The average Bonchev–Trinajstić information content (AvgIpc) is 2.80. The molecule has 0 saturated carbocycles. The summed E-state index contributed by atoms with van der Waals surface area (Å²) < 4.78 is 11.4. The van der Waals surface area contributed by atoms with Crippen LogP contribution in [-0.4, -0.2) is 36.0 Å². The minimum Gasteiger partial charge on any atom is -0.486 e. The number of rotatable bonds is 2. The van der Waals surface area contributed by atoms with Gasteiger partial charge in [-0.2, -0.15) is 0 Å². The molecule has 116 valence electrons. The summed E-state index contributed by atoms with van der Waals surface area (Å²) in [6, 6.07) is 11.9. The Morgan fingerprint density at radius 3 is 2.43 bits per heavy atom. The van der Waals surface area contributed by atoms with Crippen molar-refractivity contribution in [1.82, 2.24) is 4.90 Å². The van der Waals surface area contributed by atoms with E-state index in [0.717, 1.165) is 0 Å². The quantitative estimate of drug-likeness (QED) is 0.795. The van der Waals surface area contributed by atoms with Crippen LogP contribution in [0.4, 0.5) is 0 Å². The minimum atomic E-state index is -0.411. The molecule has 2 aromatic rings. The Bertz CT molecular complexity index is 785. The first-order chi connectivity index (χ1) is 11.1. The number of imide groups is 1. The van der Waals surface area contributed by atoms with Crippen LogP contribution in [0.3, 0.4) is 0 Å². The van der Waals surface area contributed by atoms with Crippen LogP contribution in [0.1, 0.15) is 20.7 Å². The molecule has 2 aromatic carbocycles. The highest BCUT2D eigenvalue weighted by atomic mass is 35.5. The molecule has 23 heavy (non-hydrogen) atoms. The van der Waals surface area contributed by atoms with Gasteiger partial charge >= 0.3 is 0 Å². The number of nitrogens with zero attached hydrogens (tertiary/aromatic N) is 1. The molecule has 5 nitrogen and oxygen atoms in total. The number of hydrogen-bond acceptors (Lipinski definition) is 4. The van der Waals surface area contributed by atoms with E-state index in [1.165, 1.54) is 4.90 Å². The molecular weight excluding hydrogens is 318 g/mol. The normalized spacial score (nSPS) is 19.0. The molecule has 1 unspecified atom stereocenters. The fraction of sp³-hybridized carbons (Fsp3) is 0.176. The van der Waals surface area contributed by atoms with Crippen molar-refractivity contribution in [3.63, 3.8) is 0 Å². The Kier molecular flexibility index (Phi) is 3.23. The summed E-state index contributed by atoms with van der Waals surface area (Å²) in [6.45, 7) is 0.398. The zero-order valence-corrected chi connectivity index (χ0v) is 12.7. The van der Waals surface area contributed by atoms with Crippen molar-refractivity contribution < 1.29 is 19.1 Å². The lowest BCUT2D eigenvalue weighted by Gasteiger charge is -2.28. The van der Waals surface area contributed by atoms with E-state index in [4.69, 9.17) is 21.1 Å². The van der Waals surface area contributed by atoms with Crippen LogP contribution in [-0.2, 0) is 0 Å². The maximum atomic E-state index is 12.4. The van der Waals surface area contributed by atoms with Crippen molar-refractivity contribution in [2.24, 2.45) is 0 Å². The van der Waals surface area contributed by atoms with Crippen LogP contribution in [0.25, 0.3) is 0 Å². The van der Waals surface area contributed by atoms with Gasteiger partial charge in [0.1, 0.15) is 6.61 Å². The number of halogens is 1. The van der Waals surface area contributed by atoms with Gasteiger partial charge in [0.05, 0.1) is 17.7 Å². The molecule has 0 N–H and O–H groups in total. The summed E-state index contributed by atoms with van der Waals surface area (Å²) in [7, 11) is 0. The van der Waals surface area contributed by atoms with Gasteiger partial charge in [0.25, 0.3) is 11.8 Å². The SMILES string of the molecule is O=C1c2ccccc2C(=O)N1CC1COc2cc(Cl)ccc2O1. The average molecular weight is 330 g/mol. The van der Waals surface area contributed by atoms with Gasteiger partial charge in [0.15, 0.2) is 17.6 Å². The standard InChI is InChI=1S/C17H12ClNO4/c18-10-5-6-14-15(7-10)22-9-11(23-14)8-19-16(20)12-3-1-2-4-13(12)17(19)21/h1-7,11H,8-9H2. The van der Waals surface area contributed by atoms with Gasteiger partial charge in [-0.15, -0.1) is 0 Å². The second-order valence-corrected chi connectivity index (χ2v) is 5.84. The molecule has 0 aliphatic carbocycles. The molecule has 2 heterocycles. The first-order valence-corrected chi connectivity index (χ1v) is 7.55. The van der Waals surface area contributed by atoms with Crippen molar-refractivity contribution in [3.05, 3.63) is 58.6 Å². The number of carbonyl (C=O) groups excluding carboxylic acids is 2. The lowest BCUT2D eigenvalue weighted by Crippen LogP contribution is -2.43.